The molecule has 150 heavy (non-hydrogen) atoms. The predicted molar refractivity (Wildman–Crippen MR) is 631 cm³/mol. The second-order valence-corrected chi connectivity index (χ2v) is 53.5. The summed E-state index contributed by atoms with van der Waals surface area (Å²) in [6.45, 7) is 52.7. The van der Waals surface area contributed by atoms with Crippen LogP contribution in [0, 0.1) is 111 Å². The minimum atomic E-state index is -2.46. The summed E-state index contributed by atoms with van der Waals surface area (Å²) in [5.41, 5.74) is 40.5. The number of nitrogens with zero attached hydrogens (tertiary/aromatic N) is 7. The molecule has 0 amide bonds. The molecule has 0 bridgehead atoms. The minimum absolute atomic E-state index is 0.0148. The lowest BCUT2D eigenvalue weighted by Gasteiger charge is -2.40. The maximum atomic E-state index is 6.57. The van der Waals surface area contributed by atoms with Crippen molar-refractivity contribution >= 4 is 93.8 Å². The summed E-state index contributed by atoms with van der Waals surface area (Å²) in [7, 11) is -0.0257. The fourth-order valence-corrected chi connectivity index (χ4v) is 33.6. The van der Waals surface area contributed by atoms with Crippen molar-refractivity contribution in [3.8, 4) is 46.0 Å². The van der Waals surface area contributed by atoms with E-state index in [1.807, 2.05) is 92.7 Å². The quantitative estimate of drug-likeness (QED) is 0.153. The van der Waals surface area contributed by atoms with Gasteiger partial charge in [0.05, 0.1) is 33.8 Å². The van der Waals surface area contributed by atoms with Crippen molar-refractivity contribution in [1.29, 1.82) is 0 Å². The highest BCUT2D eigenvalue weighted by atomic mass is 32.2. The smallest absolute Gasteiger partial charge is 0.188 e. The monoisotopic (exact) mass is 2040 g/mol. The molecular formula is C135H137N7O4S2Si2. The van der Waals surface area contributed by atoms with Crippen LogP contribution in [0.4, 0.5) is 22.9 Å². The molecule has 0 fully saturated rings. The maximum Gasteiger partial charge on any atom is 0.188 e. The maximum absolute atomic E-state index is 6.57. The van der Waals surface area contributed by atoms with Gasteiger partial charge in [0.25, 0.3) is 0 Å². The number of rotatable bonds is 2. The molecule has 26 rings (SSSR count). The normalized spacial score (nSPS) is 14.5. The third-order valence-corrected chi connectivity index (χ3v) is 42.8. The molecule has 0 N–H and O–H groups in total. The summed E-state index contributed by atoms with van der Waals surface area (Å²) in [5, 5.41) is 7.98. The van der Waals surface area contributed by atoms with Gasteiger partial charge in [-0.2, -0.15) is 0 Å². The number of anilines is 4. The van der Waals surface area contributed by atoms with Crippen LogP contribution in [0.5, 0.6) is 46.0 Å². The van der Waals surface area contributed by atoms with E-state index in [0.29, 0.717) is 0 Å². The zero-order chi connectivity index (χ0) is 106. The van der Waals surface area contributed by atoms with Crippen molar-refractivity contribution < 1.29 is 18.9 Å². The molecule has 11 nitrogen and oxygen atoms in total. The number of aryl methyl sites for hydroxylation is 16. The Labute approximate surface area is 899 Å². The van der Waals surface area contributed by atoms with Crippen molar-refractivity contribution in [2.75, 3.05) is 23.9 Å². The molecular weight excluding hydrogens is 1900 g/mol. The molecule has 2 aliphatic carbocycles. The molecule has 756 valence electrons. The van der Waals surface area contributed by atoms with Gasteiger partial charge in [-0.15, -0.1) is 0 Å². The van der Waals surface area contributed by atoms with Crippen LogP contribution in [0.15, 0.2) is 342 Å². The fraction of sp³-hybridized carbons (Fsp3) is 0.237. The molecule has 0 saturated heterocycles. The van der Waals surface area contributed by atoms with E-state index >= 15 is 0 Å². The first-order chi connectivity index (χ1) is 71.9. The van der Waals surface area contributed by atoms with E-state index in [-0.39, 0.29) is 16.2 Å². The second-order valence-electron chi connectivity index (χ2n) is 43.4. The average Bonchev–Trinajstić information content (AvgIpc) is 0.696. The van der Waals surface area contributed by atoms with E-state index in [2.05, 4.69) is 467 Å². The Hall–Kier alpha value is -14.5. The van der Waals surface area contributed by atoms with Crippen LogP contribution in [-0.4, -0.2) is 55.2 Å². The Morgan fingerprint density at radius 3 is 1.17 bits per heavy atom. The Morgan fingerprint density at radius 2 is 0.613 bits per heavy atom. The molecule has 18 aromatic rings. The van der Waals surface area contributed by atoms with Gasteiger partial charge in [-0.05, 0) is 333 Å². The van der Waals surface area contributed by atoms with E-state index in [4.69, 9.17) is 18.9 Å². The first kappa shape index (κ1) is 104. The van der Waals surface area contributed by atoms with Crippen molar-refractivity contribution in [1.82, 2.24) is 24.9 Å². The van der Waals surface area contributed by atoms with Gasteiger partial charge >= 0.3 is 0 Å². The second kappa shape index (κ2) is 42.2. The van der Waals surface area contributed by atoms with Crippen molar-refractivity contribution in [3.63, 3.8) is 0 Å². The molecule has 5 aromatic heterocycles. The highest BCUT2D eigenvalue weighted by Crippen LogP contribution is 2.55. The molecule has 0 saturated carbocycles. The van der Waals surface area contributed by atoms with Gasteiger partial charge in [-0.25, -0.2) is 4.98 Å². The first-order valence-corrected chi connectivity index (χ1v) is 59.0. The minimum Gasteiger partial charge on any atom is -0.457 e. The van der Waals surface area contributed by atoms with Crippen LogP contribution in [-0.2, 0) is 35.5 Å². The van der Waals surface area contributed by atoms with E-state index in [1.165, 1.54) is 196 Å². The Bertz CT molecular complexity index is 7240. The number of para-hydroxylation sites is 5. The van der Waals surface area contributed by atoms with E-state index < -0.39 is 16.1 Å². The molecule has 13 aromatic carbocycles. The third-order valence-electron chi connectivity index (χ3n) is 31.8. The van der Waals surface area contributed by atoms with Crippen LogP contribution >= 0.6 is 23.5 Å². The standard InChI is InChI=1S/C26H22OSi.C17H19N.C17H18S.C16H17NO.C15H17NOSi.C15H15NS.C15H15N.C14H14N2O/c1-19-11-9-17-23-25(19)27-26-20(2)12-10-18-24(26)28(23,21-13-5-3-6-14-21)22-15-7-4-8-16-22;1-11-6-5-7-15-13(11)10-14-12(2)8-9-18-16(14)17(15,3)4;1-11-7-5-9-13-15(11)18-16-12(2)8-6-10-14(16)17(13,3)4;1-10-6-5-7-12-13(10)18-14-11(2)8-9-17-15(14)16(12,3)4;1-10-6-5-7-12-13(10)17-14-11(2)8-9-16-15(14)18(12,3)4;1-10-6-4-8-12-14(10)17-15-11(2)7-5-9-13(15)16(12)3;1-10-4-3-5-12-8-15-14(9-13(10)12)11(2)6-7-16-15;1-9-5-4-6-11-12(9)17-13-10(2)7-8-15-14(13)16(11)3/h3-18H,1-2H3;5-9H,10H2,1-4H3;5-10H,1-4H3;2*5-9H,1-4H3;4-9H,1-3H3;3-7H,8-9H2,1-2H3;4-8H,1-3H3. The molecule has 8 aliphatic rings. The number of fused-ring (bicyclic) bond motifs is 16. The van der Waals surface area contributed by atoms with Gasteiger partial charge in [-0.3, -0.25) is 19.9 Å². The Kier molecular flexibility index (Phi) is 29.3. The summed E-state index contributed by atoms with van der Waals surface area (Å²) in [6.07, 6.45) is 12.5. The fourth-order valence-electron chi connectivity index (χ4n) is 22.8. The van der Waals surface area contributed by atoms with Crippen molar-refractivity contribution in [2.45, 2.75) is 221 Å². The van der Waals surface area contributed by atoms with Gasteiger partial charge in [0.2, 0.25) is 0 Å². The topological polar surface area (TPSA) is 108 Å². The van der Waals surface area contributed by atoms with E-state index in [9.17, 15) is 0 Å². The molecule has 0 atom stereocenters. The van der Waals surface area contributed by atoms with Crippen LogP contribution in [0.3, 0.4) is 0 Å². The third kappa shape index (κ3) is 19.2. The van der Waals surface area contributed by atoms with Crippen LogP contribution < -0.4 is 60.0 Å². The van der Waals surface area contributed by atoms with Crippen molar-refractivity contribution in [3.05, 3.63) is 478 Å². The molecule has 6 aliphatic heterocycles. The number of hydrogen-bond donors (Lipinski definition) is 0. The lowest BCUT2D eigenvalue weighted by atomic mass is 9.70. The first-order valence-electron chi connectivity index (χ1n) is 52.4. The molecule has 0 spiro atoms. The van der Waals surface area contributed by atoms with Gasteiger partial charge in [0, 0.05) is 111 Å². The average molecular weight is 2040 g/mol. The summed E-state index contributed by atoms with van der Waals surface area (Å²) in [6, 6.07) is 104. The van der Waals surface area contributed by atoms with Crippen LogP contribution in [0.25, 0.3) is 0 Å². The van der Waals surface area contributed by atoms with Crippen LogP contribution in [0.2, 0.25) is 13.1 Å². The largest absolute Gasteiger partial charge is 0.457 e. The van der Waals surface area contributed by atoms with Gasteiger partial charge in [0.1, 0.15) is 36.8 Å². The number of aromatic nitrogens is 5. The lowest BCUT2D eigenvalue weighted by molar-refractivity contribution is 0.403. The van der Waals surface area contributed by atoms with Crippen molar-refractivity contribution in [2.24, 2.45) is 0 Å². The molecule has 15 heteroatoms. The number of benzene rings is 13. The molecule has 11 heterocycles. The summed E-state index contributed by atoms with van der Waals surface area (Å²) < 4.78 is 24.8. The predicted octanol–water partition coefficient (Wildman–Crippen LogP) is 30.9. The number of hydrogen-bond acceptors (Lipinski definition) is 13. The Morgan fingerprint density at radius 1 is 0.253 bits per heavy atom. The molecule has 0 unspecified atom stereocenters. The van der Waals surface area contributed by atoms with E-state index in [0.717, 1.165) is 99.1 Å². The summed E-state index contributed by atoms with van der Waals surface area (Å²) in [4.78, 5) is 32.7. The molecule has 0 radical (unpaired) electrons. The zero-order valence-electron chi connectivity index (χ0n) is 91.8. The number of ether oxygens (including phenoxy) is 4. The highest BCUT2D eigenvalue weighted by molar-refractivity contribution is 8.00. The van der Waals surface area contributed by atoms with Gasteiger partial charge in [-0.1, -0.05) is 307 Å². The Balaban J connectivity index is 0.000000108. The van der Waals surface area contributed by atoms with E-state index in [1.54, 1.807) is 0 Å². The van der Waals surface area contributed by atoms with Crippen LogP contribution in [0.1, 0.15) is 198 Å². The lowest BCUT2D eigenvalue weighted by Crippen LogP contribution is -2.76. The SMILES string of the molecule is Cc1cccc2c1Cc1c(C)ccnc1C2.Cc1cccc2c1Cc1c(C)ccnc1C2(C)C.Cc1cccc2c1Oc1c(C)cccc1[Si]2(c1ccccc1)c1ccccc1.Cc1cccc2c1Oc1c(C)ccnc1C2(C)C.Cc1cccc2c1Oc1c(C)ccnc1N2C.Cc1cccc2c1Oc1c(C)ccnc1[Si]2(C)C.Cc1cccc2c1Sc1c(C)cccc1C2(C)C.Cc1cccc2c1Sc1c(C)cccc1N2C. The van der Waals surface area contributed by atoms with Gasteiger partial charge in [0.15, 0.2) is 31.1 Å². The van der Waals surface area contributed by atoms with Gasteiger partial charge < -0.3 is 28.7 Å². The zero-order valence-corrected chi connectivity index (χ0v) is 95.4. The summed E-state index contributed by atoms with van der Waals surface area (Å²) >= 11 is 3.84. The summed E-state index contributed by atoms with van der Waals surface area (Å²) in [5.74, 6) is 8.68. The highest BCUT2D eigenvalue weighted by Gasteiger charge is 2.50. The number of pyridine rings is 5.